The lowest BCUT2D eigenvalue weighted by molar-refractivity contribution is 1.23. The molecule has 1 heterocycles. The predicted octanol–water partition coefficient (Wildman–Crippen LogP) is 6.61. The molecule has 4 rings (SSSR count). The van der Waals surface area contributed by atoms with E-state index in [-0.39, 0.29) is 0 Å². The number of aromatic nitrogens is 1. The van der Waals surface area contributed by atoms with Crippen molar-refractivity contribution in [3.63, 3.8) is 0 Å². The fourth-order valence-electron chi connectivity index (χ4n) is 3.36. The van der Waals surface area contributed by atoms with Crippen LogP contribution in [0.4, 0.5) is 0 Å². The van der Waals surface area contributed by atoms with Crippen molar-refractivity contribution in [2.75, 3.05) is 0 Å². The molecule has 0 radical (unpaired) electrons. The van der Waals surface area contributed by atoms with Crippen LogP contribution < -0.4 is 5.73 Å². The standard InChI is InChI=1S/C26H24N2S/c1-17-4-8-20(9-5-17)21-12-14-23(15-13-21)24(22-10-6-18(2)7-11-22)25(27)26-28-19(3)16-29-26/h4-16H,27H2,1-3H3. The summed E-state index contributed by atoms with van der Waals surface area (Å²) in [6, 6.07) is 25.7. The fourth-order valence-corrected chi connectivity index (χ4v) is 4.12. The molecule has 0 amide bonds. The Balaban J connectivity index is 1.81. The summed E-state index contributed by atoms with van der Waals surface area (Å²) in [7, 11) is 0. The minimum atomic E-state index is 0.718. The highest BCUT2D eigenvalue weighted by atomic mass is 32.1. The molecule has 0 bridgehead atoms. The number of nitrogens with zero attached hydrogens (tertiary/aromatic N) is 1. The maximum absolute atomic E-state index is 6.65. The Kier molecular flexibility index (Phi) is 5.32. The molecule has 0 saturated carbocycles. The van der Waals surface area contributed by atoms with E-state index >= 15 is 0 Å². The molecule has 0 unspecified atom stereocenters. The van der Waals surface area contributed by atoms with Crippen molar-refractivity contribution in [3.8, 4) is 11.1 Å². The largest absolute Gasteiger partial charge is 0.396 e. The Hall–Kier alpha value is -3.17. The molecule has 0 fully saturated rings. The van der Waals surface area contributed by atoms with Crippen LogP contribution in [0.15, 0.2) is 78.2 Å². The molecule has 4 aromatic rings. The second-order valence-corrected chi connectivity index (χ2v) is 8.25. The summed E-state index contributed by atoms with van der Waals surface area (Å²) in [5.74, 6) is 0. The van der Waals surface area contributed by atoms with Crippen LogP contribution in [0.1, 0.15) is 33.0 Å². The van der Waals surface area contributed by atoms with Crippen molar-refractivity contribution in [1.29, 1.82) is 0 Å². The van der Waals surface area contributed by atoms with Crippen LogP contribution in [-0.4, -0.2) is 4.98 Å². The van der Waals surface area contributed by atoms with Gasteiger partial charge in [-0.25, -0.2) is 4.98 Å². The van der Waals surface area contributed by atoms with Gasteiger partial charge in [-0.3, -0.25) is 0 Å². The van der Waals surface area contributed by atoms with Gasteiger partial charge >= 0.3 is 0 Å². The average molecular weight is 397 g/mol. The van der Waals surface area contributed by atoms with Crippen molar-refractivity contribution in [2.24, 2.45) is 5.73 Å². The van der Waals surface area contributed by atoms with E-state index in [1.165, 1.54) is 22.3 Å². The van der Waals surface area contributed by atoms with Gasteiger partial charge in [-0.15, -0.1) is 11.3 Å². The van der Waals surface area contributed by atoms with Crippen molar-refractivity contribution in [3.05, 3.63) is 111 Å². The van der Waals surface area contributed by atoms with Crippen LogP contribution >= 0.6 is 11.3 Å². The molecule has 3 aromatic carbocycles. The Morgan fingerprint density at radius 3 is 1.62 bits per heavy atom. The molecule has 144 valence electrons. The van der Waals surface area contributed by atoms with Gasteiger partial charge in [-0.1, -0.05) is 83.9 Å². The van der Waals surface area contributed by atoms with Gasteiger partial charge in [0.2, 0.25) is 0 Å². The van der Waals surface area contributed by atoms with Crippen molar-refractivity contribution < 1.29 is 0 Å². The van der Waals surface area contributed by atoms with Gasteiger partial charge in [0.1, 0.15) is 5.01 Å². The summed E-state index contributed by atoms with van der Waals surface area (Å²) < 4.78 is 0. The Labute approximate surface area is 176 Å². The van der Waals surface area contributed by atoms with Gasteiger partial charge in [-0.2, -0.15) is 0 Å². The van der Waals surface area contributed by atoms with E-state index in [4.69, 9.17) is 5.73 Å². The van der Waals surface area contributed by atoms with Crippen LogP contribution in [0.5, 0.6) is 0 Å². The zero-order valence-electron chi connectivity index (χ0n) is 16.9. The first-order valence-electron chi connectivity index (χ1n) is 9.68. The number of benzene rings is 3. The maximum atomic E-state index is 6.65. The minimum Gasteiger partial charge on any atom is -0.396 e. The quantitative estimate of drug-likeness (QED) is 0.421. The van der Waals surface area contributed by atoms with Gasteiger partial charge in [0.25, 0.3) is 0 Å². The number of rotatable bonds is 4. The van der Waals surface area contributed by atoms with E-state index in [0.29, 0.717) is 0 Å². The highest BCUT2D eigenvalue weighted by molar-refractivity contribution is 7.10. The lowest BCUT2D eigenvalue weighted by Crippen LogP contribution is -2.03. The third-order valence-corrected chi connectivity index (χ3v) is 6.01. The topological polar surface area (TPSA) is 38.9 Å². The predicted molar refractivity (Wildman–Crippen MR) is 125 cm³/mol. The Morgan fingerprint density at radius 2 is 1.14 bits per heavy atom. The van der Waals surface area contributed by atoms with Crippen LogP contribution in [0.3, 0.4) is 0 Å². The van der Waals surface area contributed by atoms with E-state index in [9.17, 15) is 0 Å². The molecule has 2 N–H and O–H groups in total. The first-order valence-corrected chi connectivity index (χ1v) is 10.6. The van der Waals surface area contributed by atoms with Gasteiger partial charge < -0.3 is 5.73 Å². The Bertz CT molecular complexity index is 1150. The molecule has 0 aliphatic rings. The van der Waals surface area contributed by atoms with E-state index < -0.39 is 0 Å². The summed E-state index contributed by atoms with van der Waals surface area (Å²) >= 11 is 1.59. The highest BCUT2D eigenvalue weighted by Gasteiger charge is 2.14. The number of thiazole rings is 1. The molecule has 0 saturated heterocycles. The molecule has 3 heteroatoms. The maximum Gasteiger partial charge on any atom is 0.140 e. The zero-order valence-corrected chi connectivity index (χ0v) is 17.8. The number of aryl methyl sites for hydroxylation is 3. The van der Waals surface area contributed by atoms with Crippen molar-refractivity contribution >= 4 is 22.6 Å². The Morgan fingerprint density at radius 1 is 0.690 bits per heavy atom. The van der Waals surface area contributed by atoms with Crippen LogP contribution in [0, 0.1) is 20.8 Å². The molecular formula is C26H24N2S. The molecule has 29 heavy (non-hydrogen) atoms. The van der Waals surface area contributed by atoms with E-state index in [2.05, 4.69) is 91.6 Å². The molecular weight excluding hydrogens is 372 g/mol. The summed E-state index contributed by atoms with van der Waals surface area (Å²) in [6.07, 6.45) is 0. The molecule has 0 spiro atoms. The van der Waals surface area contributed by atoms with Gasteiger partial charge in [-0.05, 0) is 43.0 Å². The number of nitrogens with two attached hydrogens (primary N) is 1. The normalized spacial score (nSPS) is 12.0. The molecule has 2 nitrogen and oxygen atoms in total. The monoisotopic (exact) mass is 396 g/mol. The van der Waals surface area contributed by atoms with Crippen molar-refractivity contribution in [2.45, 2.75) is 20.8 Å². The highest BCUT2D eigenvalue weighted by Crippen LogP contribution is 2.32. The van der Waals surface area contributed by atoms with Crippen LogP contribution in [0.2, 0.25) is 0 Å². The lowest BCUT2D eigenvalue weighted by atomic mass is 9.93. The van der Waals surface area contributed by atoms with Gasteiger partial charge in [0.15, 0.2) is 0 Å². The average Bonchev–Trinajstić information content (AvgIpc) is 3.17. The van der Waals surface area contributed by atoms with E-state index in [1.807, 2.05) is 12.3 Å². The SMILES string of the molecule is Cc1ccc(C(=C(N)c2nc(C)cs2)c2ccc(-c3ccc(C)cc3)cc2)cc1. The first kappa shape index (κ1) is 19.2. The summed E-state index contributed by atoms with van der Waals surface area (Å²) in [4.78, 5) is 4.61. The summed E-state index contributed by atoms with van der Waals surface area (Å²) in [6.45, 7) is 6.20. The fraction of sp³-hybridized carbons (Fsp3) is 0.115. The van der Waals surface area contributed by atoms with Crippen molar-refractivity contribution in [1.82, 2.24) is 4.98 Å². The third kappa shape index (κ3) is 4.15. The van der Waals surface area contributed by atoms with Crippen LogP contribution in [-0.2, 0) is 0 Å². The second-order valence-electron chi connectivity index (χ2n) is 7.39. The van der Waals surface area contributed by atoms with E-state index in [0.717, 1.165) is 33.1 Å². The first-order chi connectivity index (χ1) is 14.0. The molecule has 0 atom stereocenters. The number of hydrogen-bond donors (Lipinski definition) is 1. The van der Waals surface area contributed by atoms with Gasteiger partial charge in [0, 0.05) is 16.6 Å². The number of hydrogen-bond acceptors (Lipinski definition) is 3. The molecule has 1 aromatic heterocycles. The molecule has 0 aliphatic carbocycles. The minimum absolute atomic E-state index is 0.718. The summed E-state index contributed by atoms with van der Waals surface area (Å²) in [5.41, 5.74) is 16.5. The van der Waals surface area contributed by atoms with Crippen LogP contribution in [0.25, 0.3) is 22.4 Å². The molecule has 0 aliphatic heterocycles. The second kappa shape index (κ2) is 8.06. The van der Waals surface area contributed by atoms with E-state index in [1.54, 1.807) is 11.3 Å². The summed E-state index contributed by atoms with van der Waals surface area (Å²) in [5, 5.41) is 2.90. The van der Waals surface area contributed by atoms with Gasteiger partial charge in [0.05, 0.1) is 5.70 Å². The third-order valence-electron chi connectivity index (χ3n) is 5.02. The smallest absolute Gasteiger partial charge is 0.140 e. The lowest BCUT2D eigenvalue weighted by Gasteiger charge is -2.13. The zero-order chi connectivity index (χ0) is 20.4.